The monoisotopic (exact) mass is 242 g/mol. The van der Waals surface area contributed by atoms with Gasteiger partial charge < -0.3 is 9.52 Å². The summed E-state index contributed by atoms with van der Waals surface area (Å²) in [5.41, 5.74) is 0.135. The van der Waals surface area contributed by atoms with Gasteiger partial charge in [-0.25, -0.2) is 4.79 Å². The minimum atomic E-state index is -0.426. The predicted octanol–water partition coefficient (Wildman–Crippen LogP) is 3.68. The molecule has 0 amide bonds. The predicted molar refractivity (Wildman–Crippen MR) is 73.0 cm³/mol. The van der Waals surface area contributed by atoms with E-state index in [-0.39, 0.29) is 5.75 Å². The Morgan fingerprint density at radius 1 is 0.944 bits per heavy atom. The summed E-state index contributed by atoms with van der Waals surface area (Å²) in [7, 11) is 0. The molecule has 92 valence electrons. The van der Waals surface area contributed by atoms with Crippen LogP contribution < -0.4 is 5.63 Å². The van der Waals surface area contributed by atoms with Crippen LogP contribution in [0.5, 0.6) is 5.75 Å². The van der Waals surface area contributed by atoms with Gasteiger partial charge in [-0.2, -0.15) is 0 Å². The van der Waals surface area contributed by atoms with E-state index in [0.717, 1.165) is 10.8 Å². The van der Waals surface area contributed by atoms with Crippen LogP contribution in [0.15, 0.2) is 51.7 Å². The van der Waals surface area contributed by atoms with Gasteiger partial charge in [0.1, 0.15) is 11.3 Å². The van der Waals surface area contributed by atoms with Crippen LogP contribution in [0.4, 0.5) is 0 Å². The van der Waals surface area contributed by atoms with Crippen LogP contribution in [0, 0.1) is 0 Å². The summed E-state index contributed by atoms with van der Waals surface area (Å²) in [4.78, 5) is 11.7. The second kappa shape index (κ2) is 4.92. The van der Waals surface area contributed by atoms with Crippen molar-refractivity contribution in [2.24, 2.45) is 0 Å². The smallest absolute Gasteiger partial charge is 0.344 e. The molecule has 0 fully saturated rings. The van der Waals surface area contributed by atoms with Crippen molar-refractivity contribution in [2.75, 3.05) is 0 Å². The number of phenolic OH excluding ortho intramolecular Hbond substituents is 1. The second-order valence-electron chi connectivity index (χ2n) is 3.62. The van der Waals surface area contributed by atoms with Crippen molar-refractivity contribution in [3.8, 4) is 5.75 Å². The van der Waals surface area contributed by atoms with Gasteiger partial charge in [0, 0.05) is 10.8 Å². The van der Waals surface area contributed by atoms with Crippen LogP contribution in [0.2, 0.25) is 0 Å². The molecule has 0 unspecified atom stereocenters. The molecule has 0 saturated carbocycles. The third kappa shape index (κ3) is 1.95. The van der Waals surface area contributed by atoms with Gasteiger partial charge in [-0.3, -0.25) is 0 Å². The molecule has 0 bridgehead atoms. The molecule has 3 heteroatoms. The summed E-state index contributed by atoms with van der Waals surface area (Å²) in [6.07, 6.45) is 0. The van der Waals surface area contributed by atoms with E-state index in [1.54, 1.807) is 18.2 Å². The number of hydrogen-bond acceptors (Lipinski definition) is 3. The highest BCUT2D eigenvalue weighted by molar-refractivity contribution is 6.04. The molecule has 3 nitrogen and oxygen atoms in total. The van der Waals surface area contributed by atoms with Crippen molar-refractivity contribution in [3.05, 3.63) is 52.9 Å². The van der Waals surface area contributed by atoms with Crippen molar-refractivity contribution in [3.63, 3.8) is 0 Å². The first-order chi connectivity index (χ1) is 8.75. The average Bonchev–Trinajstić information content (AvgIpc) is 2.41. The highest BCUT2D eigenvalue weighted by Crippen LogP contribution is 2.24. The van der Waals surface area contributed by atoms with E-state index in [1.807, 2.05) is 32.0 Å². The SMILES string of the molecule is CC.O=c1oc2ccccc2c2ccc(O)cc12. The minimum absolute atomic E-state index is 0.0649. The molecule has 18 heavy (non-hydrogen) atoms. The van der Waals surface area contributed by atoms with E-state index >= 15 is 0 Å². The van der Waals surface area contributed by atoms with Gasteiger partial charge in [0.05, 0.1) is 5.39 Å². The summed E-state index contributed by atoms with van der Waals surface area (Å²) >= 11 is 0. The highest BCUT2D eigenvalue weighted by atomic mass is 16.4. The van der Waals surface area contributed by atoms with Gasteiger partial charge in [0.15, 0.2) is 0 Å². The van der Waals surface area contributed by atoms with Crippen LogP contribution in [0.3, 0.4) is 0 Å². The van der Waals surface area contributed by atoms with Crippen molar-refractivity contribution in [1.82, 2.24) is 0 Å². The fourth-order valence-corrected chi connectivity index (χ4v) is 1.87. The first kappa shape index (κ1) is 12.2. The summed E-state index contributed by atoms with van der Waals surface area (Å²) in [6, 6.07) is 12.1. The van der Waals surface area contributed by atoms with E-state index in [1.165, 1.54) is 6.07 Å². The number of phenols is 1. The quantitative estimate of drug-likeness (QED) is 0.483. The number of hydrogen-bond donors (Lipinski definition) is 1. The zero-order chi connectivity index (χ0) is 13.1. The van der Waals surface area contributed by atoms with Crippen LogP contribution >= 0.6 is 0 Å². The number of fused-ring (bicyclic) bond motifs is 3. The fraction of sp³-hybridized carbons (Fsp3) is 0.133. The third-order valence-electron chi connectivity index (χ3n) is 2.60. The Kier molecular flexibility index (Phi) is 3.33. The normalized spacial score (nSPS) is 10.1. The molecule has 0 atom stereocenters. The van der Waals surface area contributed by atoms with Gasteiger partial charge in [0.2, 0.25) is 0 Å². The largest absolute Gasteiger partial charge is 0.508 e. The fourth-order valence-electron chi connectivity index (χ4n) is 1.87. The standard InChI is InChI=1S/C13H8O3.C2H6/c14-8-5-6-9-10-3-1-2-4-12(10)16-13(15)11(9)7-8;1-2/h1-7,14H;1-2H3. The van der Waals surface area contributed by atoms with Crippen LogP contribution in [0.1, 0.15) is 13.8 Å². The summed E-state index contributed by atoms with van der Waals surface area (Å²) in [6.45, 7) is 4.00. The van der Waals surface area contributed by atoms with E-state index in [0.29, 0.717) is 11.0 Å². The zero-order valence-electron chi connectivity index (χ0n) is 10.3. The first-order valence-electron chi connectivity index (χ1n) is 5.90. The van der Waals surface area contributed by atoms with Gasteiger partial charge in [-0.1, -0.05) is 32.0 Å². The lowest BCUT2D eigenvalue weighted by Crippen LogP contribution is -1.99. The molecule has 1 N–H and O–H groups in total. The molecular weight excluding hydrogens is 228 g/mol. The topological polar surface area (TPSA) is 50.4 Å². The highest BCUT2D eigenvalue weighted by Gasteiger charge is 2.06. The van der Waals surface area contributed by atoms with Gasteiger partial charge in [-0.05, 0) is 24.3 Å². The Hall–Kier alpha value is -2.29. The molecular formula is C15H14O3. The molecule has 3 aromatic rings. The van der Waals surface area contributed by atoms with Gasteiger partial charge >= 0.3 is 5.63 Å². The average molecular weight is 242 g/mol. The molecule has 0 saturated heterocycles. The molecule has 3 rings (SSSR count). The van der Waals surface area contributed by atoms with E-state index < -0.39 is 5.63 Å². The summed E-state index contributed by atoms with van der Waals surface area (Å²) in [5.74, 6) is 0.0649. The molecule has 0 spiro atoms. The zero-order valence-corrected chi connectivity index (χ0v) is 10.3. The Balaban J connectivity index is 0.000000574. The molecule has 0 aliphatic rings. The lowest BCUT2D eigenvalue weighted by Gasteiger charge is -2.01. The van der Waals surface area contributed by atoms with E-state index in [2.05, 4.69) is 0 Å². The number of benzene rings is 2. The van der Waals surface area contributed by atoms with Crippen LogP contribution in [-0.4, -0.2) is 5.11 Å². The number of para-hydroxylation sites is 1. The van der Waals surface area contributed by atoms with Crippen molar-refractivity contribution >= 4 is 21.7 Å². The van der Waals surface area contributed by atoms with Crippen molar-refractivity contribution in [1.29, 1.82) is 0 Å². The molecule has 2 aromatic carbocycles. The van der Waals surface area contributed by atoms with E-state index in [9.17, 15) is 9.90 Å². The maximum absolute atomic E-state index is 11.7. The van der Waals surface area contributed by atoms with Gasteiger partial charge in [-0.15, -0.1) is 0 Å². The minimum Gasteiger partial charge on any atom is -0.508 e. The number of aromatic hydroxyl groups is 1. The Morgan fingerprint density at radius 2 is 1.67 bits per heavy atom. The van der Waals surface area contributed by atoms with Crippen LogP contribution in [0.25, 0.3) is 21.7 Å². The number of rotatable bonds is 0. The first-order valence-corrected chi connectivity index (χ1v) is 5.90. The third-order valence-corrected chi connectivity index (χ3v) is 2.60. The molecule has 1 aromatic heterocycles. The Morgan fingerprint density at radius 3 is 2.44 bits per heavy atom. The molecule has 0 radical (unpaired) electrons. The second-order valence-corrected chi connectivity index (χ2v) is 3.62. The van der Waals surface area contributed by atoms with Gasteiger partial charge in [0.25, 0.3) is 0 Å². The van der Waals surface area contributed by atoms with Crippen molar-refractivity contribution in [2.45, 2.75) is 13.8 Å². The van der Waals surface area contributed by atoms with Crippen molar-refractivity contribution < 1.29 is 9.52 Å². The maximum Gasteiger partial charge on any atom is 0.344 e. The Bertz CT molecular complexity index is 741. The maximum atomic E-state index is 11.7. The summed E-state index contributed by atoms with van der Waals surface area (Å²) < 4.78 is 5.16. The van der Waals surface area contributed by atoms with E-state index in [4.69, 9.17) is 4.42 Å². The molecule has 1 heterocycles. The lowest BCUT2D eigenvalue weighted by molar-refractivity contribution is 0.475. The Labute approximate surface area is 104 Å². The van der Waals surface area contributed by atoms with Crippen LogP contribution in [-0.2, 0) is 0 Å². The molecule has 0 aliphatic heterocycles. The molecule has 0 aliphatic carbocycles. The lowest BCUT2D eigenvalue weighted by atomic mass is 10.1. The summed E-state index contributed by atoms with van der Waals surface area (Å²) in [5, 5.41) is 11.4.